The molecule has 0 unspecified atom stereocenters. The first kappa shape index (κ1) is 31.6. The normalized spacial score (nSPS) is 14.1. The van der Waals surface area contributed by atoms with Gasteiger partial charge in [-0.2, -0.15) is 0 Å². The van der Waals surface area contributed by atoms with Gasteiger partial charge < -0.3 is 20.1 Å². The van der Waals surface area contributed by atoms with Crippen molar-refractivity contribution in [1.29, 1.82) is 10.8 Å². The van der Waals surface area contributed by atoms with Crippen molar-refractivity contribution in [2.45, 2.75) is 43.9 Å². The number of benzodiazepines with no additional fused rings is 1. The average Bonchev–Trinajstić information content (AvgIpc) is 3.10. The van der Waals surface area contributed by atoms with Crippen LogP contribution in [0, 0.1) is 10.8 Å². The summed E-state index contributed by atoms with van der Waals surface area (Å²) >= 11 is 1.61. The molecule has 4 rings (SSSR count). The Morgan fingerprint density at radius 2 is 1.85 bits per heavy atom. The second kappa shape index (κ2) is 15.2. The number of nitrogens with zero attached hydrogens (tertiary/aromatic N) is 2. The number of thioether (sulfide) groups is 1. The summed E-state index contributed by atoms with van der Waals surface area (Å²) < 4.78 is 5.48. The number of nitrogens with one attached hydrogen (secondary N) is 3. The zero-order chi connectivity index (χ0) is 29.9. The maximum Gasteiger partial charge on any atom is 0.488 e. The van der Waals surface area contributed by atoms with Gasteiger partial charge in [-0.15, -0.1) is 11.8 Å². The van der Waals surface area contributed by atoms with Crippen molar-refractivity contribution in [3.8, 4) is 5.75 Å². The fraction of sp³-hybridized carbons (Fsp3) is 0.267. The summed E-state index contributed by atoms with van der Waals surface area (Å²) in [6.07, 6.45) is 1.32. The van der Waals surface area contributed by atoms with Gasteiger partial charge in [-0.05, 0) is 61.6 Å². The number of methoxy groups -OCH3 is 1. The van der Waals surface area contributed by atoms with E-state index in [0.717, 1.165) is 39.5 Å². The van der Waals surface area contributed by atoms with Crippen LogP contribution >= 0.6 is 11.8 Å². The summed E-state index contributed by atoms with van der Waals surface area (Å²) in [5.41, 5.74) is 4.61. The van der Waals surface area contributed by atoms with Crippen LogP contribution in [0.3, 0.4) is 0 Å². The first-order valence-electron chi connectivity index (χ1n) is 13.3. The summed E-state index contributed by atoms with van der Waals surface area (Å²) in [6, 6.07) is 20.6. The van der Waals surface area contributed by atoms with Gasteiger partial charge in [-0.1, -0.05) is 43.3 Å². The number of ether oxygens (including phenoxy) is 1. The third-order valence-electron chi connectivity index (χ3n) is 6.41. The number of hydrogen-bond acceptors (Lipinski definition) is 8. The SMILES string of the molecule is CCNC=O.CC[C@@H]1N=C(c2ccc(SCc3ccccc3B(O)O)cc2)c2cc(OC)ccc2N(C(C)=N)C1=N. The lowest BCUT2D eigenvalue weighted by atomic mass is 9.77. The maximum atomic E-state index is 9.63. The average molecular weight is 574 g/mol. The van der Waals surface area contributed by atoms with Crippen molar-refractivity contribution in [3.63, 3.8) is 0 Å². The van der Waals surface area contributed by atoms with Gasteiger partial charge in [-0.25, -0.2) is 0 Å². The second-order valence-electron chi connectivity index (χ2n) is 9.15. The fourth-order valence-electron chi connectivity index (χ4n) is 4.34. The van der Waals surface area contributed by atoms with E-state index in [1.54, 1.807) is 42.8 Å². The predicted octanol–water partition coefficient (Wildman–Crippen LogP) is 3.83. The summed E-state index contributed by atoms with van der Waals surface area (Å²) in [5, 5.41) is 38.8. The minimum atomic E-state index is -1.50. The van der Waals surface area contributed by atoms with Crippen LogP contribution in [-0.4, -0.2) is 60.7 Å². The van der Waals surface area contributed by atoms with E-state index in [-0.39, 0.29) is 17.7 Å². The summed E-state index contributed by atoms with van der Waals surface area (Å²) in [5.74, 6) is 1.84. The molecule has 0 spiro atoms. The second-order valence-corrected chi connectivity index (χ2v) is 10.2. The number of rotatable bonds is 9. The monoisotopic (exact) mass is 573 g/mol. The molecule has 1 amide bonds. The smallest absolute Gasteiger partial charge is 0.488 e. The maximum absolute atomic E-state index is 9.63. The van der Waals surface area contributed by atoms with Crippen molar-refractivity contribution in [3.05, 3.63) is 83.4 Å². The lowest BCUT2D eigenvalue weighted by molar-refractivity contribution is -0.109. The Morgan fingerprint density at radius 1 is 1.15 bits per heavy atom. The van der Waals surface area contributed by atoms with E-state index < -0.39 is 7.12 Å². The number of aliphatic imine (C=N–C) groups is 1. The molecule has 3 aromatic carbocycles. The van der Waals surface area contributed by atoms with Crippen LogP contribution in [0.5, 0.6) is 5.75 Å². The van der Waals surface area contributed by atoms with Crippen LogP contribution in [0.2, 0.25) is 0 Å². The van der Waals surface area contributed by atoms with Crippen LogP contribution in [0.1, 0.15) is 43.9 Å². The van der Waals surface area contributed by atoms with Gasteiger partial charge in [0.25, 0.3) is 0 Å². The number of fused-ring (bicyclic) bond motifs is 1. The zero-order valence-electron chi connectivity index (χ0n) is 23.7. The van der Waals surface area contributed by atoms with Crippen LogP contribution in [0.25, 0.3) is 0 Å². The number of carbonyl (C=O) groups excluding carboxylic acids is 1. The highest BCUT2D eigenvalue weighted by molar-refractivity contribution is 7.98. The number of anilines is 1. The molecule has 9 nitrogen and oxygen atoms in total. The number of hydrogen-bond donors (Lipinski definition) is 5. The Kier molecular flexibility index (Phi) is 11.7. The lowest BCUT2D eigenvalue weighted by Crippen LogP contribution is -2.40. The third kappa shape index (κ3) is 7.84. The van der Waals surface area contributed by atoms with Crippen molar-refractivity contribution >= 4 is 53.8 Å². The quantitative estimate of drug-likeness (QED) is 0.0866. The molecule has 0 radical (unpaired) electrons. The van der Waals surface area contributed by atoms with E-state index in [0.29, 0.717) is 29.8 Å². The summed E-state index contributed by atoms with van der Waals surface area (Å²) in [4.78, 5) is 17.0. The largest absolute Gasteiger partial charge is 0.497 e. The van der Waals surface area contributed by atoms with E-state index in [1.807, 2.05) is 68.4 Å². The molecule has 0 fully saturated rings. The van der Waals surface area contributed by atoms with Crippen LogP contribution < -0.4 is 20.4 Å². The van der Waals surface area contributed by atoms with Crippen LogP contribution in [0.4, 0.5) is 5.69 Å². The Morgan fingerprint density at radius 3 is 2.41 bits per heavy atom. The van der Waals surface area contributed by atoms with Crippen molar-refractivity contribution < 1.29 is 19.6 Å². The zero-order valence-corrected chi connectivity index (χ0v) is 24.5. The number of amidine groups is 2. The summed E-state index contributed by atoms with van der Waals surface area (Å²) in [6.45, 7) is 6.27. The van der Waals surface area contributed by atoms with Crippen LogP contribution in [-0.2, 0) is 10.5 Å². The highest BCUT2D eigenvalue weighted by Gasteiger charge is 2.30. The molecule has 1 heterocycles. The molecule has 3 aromatic rings. The fourth-order valence-corrected chi connectivity index (χ4v) is 5.25. The van der Waals surface area contributed by atoms with E-state index in [4.69, 9.17) is 20.5 Å². The highest BCUT2D eigenvalue weighted by atomic mass is 32.2. The first-order valence-corrected chi connectivity index (χ1v) is 14.3. The Hall–Kier alpha value is -3.93. The van der Waals surface area contributed by atoms with Gasteiger partial charge in [-0.3, -0.25) is 25.5 Å². The minimum absolute atomic E-state index is 0.265. The lowest BCUT2D eigenvalue weighted by Gasteiger charge is -2.26. The number of amides is 1. The van der Waals surface area contributed by atoms with Gasteiger partial charge in [0.15, 0.2) is 0 Å². The van der Waals surface area contributed by atoms with E-state index in [2.05, 4.69) is 5.32 Å². The molecule has 0 aliphatic carbocycles. The van der Waals surface area contributed by atoms with Crippen molar-refractivity contribution in [2.24, 2.45) is 4.99 Å². The first-order chi connectivity index (χ1) is 19.7. The molecule has 1 aliphatic heterocycles. The molecule has 1 aliphatic rings. The Balaban J connectivity index is 0.000000850. The van der Waals surface area contributed by atoms with Crippen molar-refractivity contribution in [2.75, 3.05) is 18.6 Å². The molecular formula is C30H36BN5O4S. The number of carbonyl (C=O) groups is 1. The molecule has 214 valence electrons. The molecule has 11 heteroatoms. The van der Waals surface area contributed by atoms with E-state index in [1.165, 1.54) is 0 Å². The molecule has 0 aromatic heterocycles. The standard InChI is InChI=1S/C27H29BN4O3S.C3H7NO/c1-4-24-27(30)32(17(2)29)25-14-11-20(35-3)15-22(25)26(31-24)18-9-12-21(13-10-18)36-16-19-7-5-6-8-23(19)28(33)34;1-2-4-3-5/h5-15,24,29-30,33-34H,4,16H2,1-3H3;3H,2H2,1H3,(H,4,5)/t24-;/m0./s1. The Labute approximate surface area is 245 Å². The van der Waals surface area contributed by atoms with E-state index in [9.17, 15) is 14.8 Å². The minimum Gasteiger partial charge on any atom is -0.497 e. The topological polar surface area (TPSA) is 142 Å². The van der Waals surface area contributed by atoms with Gasteiger partial charge in [0, 0.05) is 28.3 Å². The molecule has 1 atom stereocenters. The van der Waals surface area contributed by atoms with E-state index >= 15 is 0 Å². The highest BCUT2D eigenvalue weighted by Crippen LogP contribution is 2.33. The molecule has 0 saturated heterocycles. The molecule has 0 bridgehead atoms. The van der Waals surface area contributed by atoms with Gasteiger partial charge in [0.05, 0.1) is 18.5 Å². The molecule has 0 saturated carbocycles. The van der Waals surface area contributed by atoms with Gasteiger partial charge >= 0.3 is 7.12 Å². The summed E-state index contributed by atoms with van der Waals surface area (Å²) in [7, 11) is 0.120. The van der Waals surface area contributed by atoms with Crippen LogP contribution in [0.15, 0.2) is 76.6 Å². The molecule has 41 heavy (non-hydrogen) atoms. The van der Waals surface area contributed by atoms with Gasteiger partial charge in [0.2, 0.25) is 6.41 Å². The molecule has 5 N–H and O–H groups in total. The third-order valence-corrected chi connectivity index (χ3v) is 7.47. The van der Waals surface area contributed by atoms with Gasteiger partial charge in [0.1, 0.15) is 23.5 Å². The van der Waals surface area contributed by atoms with Crippen molar-refractivity contribution in [1.82, 2.24) is 5.32 Å². The number of benzene rings is 3. The predicted molar refractivity (Wildman–Crippen MR) is 168 cm³/mol. The molecular weight excluding hydrogens is 537 g/mol. The Bertz CT molecular complexity index is 1400.